The third kappa shape index (κ3) is 11.5. The number of thioether (sulfide) groups is 1. The Bertz CT molecular complexity index is 735. The second kappa shape index (κ2) is 15.1. The Hall–Kier alpha value is -2.87. The fourth-order valence-corrected chi connectivity index (χ4v) is 3.15. The van der Waals surface area contributed by atoms with Crippen molar-refractivity contribution in [3.05, 3.63) is 0 Å². The molecule has 188 valence electrons. The van der Waals surface area contributed by atoms with E-state index in [4.69, 9.17) is 16.6 Å². The predicted molar refractivity (Wildman–Crippen MR) is 120 cm³/mol. The van der Waals surface area contributed by atoms with Gasteiger partial charge < -0.3 is 37.6 Å². The van der Waals surface area contributed by atoms with Crippen molar-refractivity contribution >= 4 is 47.3 Å². The molecule has 0 saturated carbocycles. The molecule has 9 N–H and O–H groups in total. The smallest absolute Gasteiger partial charge is 0.326 e. The molecule has 0 bridgehead atoms. The van der Waals surface area contributed by atoms with Crippen LogP contribution in [0.5, 0.6) is 0 Å². The van der Waals surface area contributed by atoms with Crippen LogP contribution < -0.4 is 27.4 Å². The van der Waals surface area contributed by atoms with Crippen LogP contribution in [0.25, 0.3) is 0 Å². The zero-order valence-electron chi connectivity index (χ0n) is 18.8. The van der Waals surface area contributed by atoms with E-state index in [-0.39, 0.29) is 6.42 Å². The number of aliphatic carboxylic acids is 2. The summed E-state index contributed by atoms with van der Waals surface area (Å²) >= 11 is 1.40. The quantitative estimate of drug-likeness (QED) is 0.125. The van der Waals surface area contributed by atoms with Crippen LogP contribution in [0.15, 0.2) is 0 Å². The highest BCUT2D eigenvalue weighted by molar-refractivity contribution is 7.98. The normalized spacial score (nSPS) is 15.3. The zero-order chi connectivity index (χ0) is 25.7. The van der Waals surface area contributed by atoms with Gasteiger partial charge in [-0.15, -0.1) is 0 Å². The molecule has 0 spiro atoms. The van der Waals surface area contributed by atoms with Gasteiger partial charge in [0.1, 0.15) is 18.1 Å². The summed E-state index contributed by atoms with van der Waals surface area (Å²) in [6.07, 6.45) is 1.14. The van der Waals surface area contributed by atoms with Crippen molar-refractivity contribution in [2.24, 2.45) is 17.4 Å². The highest BCUT2D eigenvalue weighted by atomic mass is 32.2. The van der Waals surface area contributed by atoms with Gasteiger partial charge >= 0.3 is 11.9 Å². The van der Waals surface area contributed by atoms with Crippen molar-refractivity contribution in [3.8, 4) is 0 Å². The number of primary amides is 1. The first-order chi connectivity index (χ1) is 15.3. The molecule has 0 radical (unpaired) electrons. The molecule has 14 heteroatoms. The number of hydrogen-bond donors (Lipinski definition) is 7. The standard InChI is InChI=1S/C19H33N5O8S/c1-4-9(2)15(18(30)23-12(19(31)32)8-13(21)25)24-17(29)11(5-6-33-3)22-16(28)10(20)7-14(26)27/h9-12,15H,4-8,20H2,1-3H3,(H2,21,25)(H,22,28)(H,23,30)(H,24,29)(H,26,27)(H,31,32). The molecule has 5 atom stereocenters. The molecule has 0 saturated heterocycles. The Morgan fingerprint density at radius 3 is 1.94 bits per heavy atom. The van der Waals surface area contributed by atoms with E-state index in [0.29, 0.717) is 12.2 Å². The van der Waals surface area contributed by atoms with Crippen LogP contribution in [0.1, 0.15) is 39.5 Å². The average molecular weight is 492 g/mol. The molecule has 0 fully saturated rings. The number of carboxylic acids is 2. The molecular weight excluding hydrogens is 458 g/mol. The SMILES string of the molecule is CCC(C)C(NC(=O)C(CCSC)NC(=O)C(N)CC(=O)O)C(=O)NC(CC(N)=O)C(=O)O. The summed E-state index contributed by atoms with van der Waals surface area (Å²) < 4.78 is 0. The van der Waals surface area contributed by atoms with Crippen LogP contribution in [-0.4, -0.2) is 82.0 Å². The largest absolute Gasteiger partial charge is 0.481 e. The summed E-state index contributed by atoms with van der Waals surface area (Å²) in [7, 11) is 0. The van der Waals surface area contributed by atoms with Crippen molar-refractivity contribution in [2.75, 3.05) is 12.0 Å². The third-order valence-electron chi connectivity index (χ3n) is 4.79. The van der Waals surface area contributed by atoms with Crippen LogP contribution in [0.2, 0.25) is 0 Å². The maximum atomic E-state index is 12.9. The van der Waals surface area contributed by atoms with Gasteiger partial charge in [-0.3, -0.25) is 24.0 Å². The minimum Gasteiger partial charge on any atom is -0.481 e. The minimum absolute atomic E-state index is 0.173. The lowest BCUT2D eigenvalue weighted by molar-refractivity contribution is -0.144. The minimum atomic E-state index is -1.57. The van der Waals surface area contributed by atoms with Crippen molar-refractivity contribution in [1.29, 1.82) is 0 Å². The molecule has 0 aromatic heterocycles. The van der Waals surface area contributed by atoms with Crippen LogP contribution in [0.4, 0.5) is 0 Å². The molecule has 13 nitrogen and oxygen atoms in total. The Labute approximate surface area is 195 Å². The van der Waals surface area contributed by atoms with E-state index in [9.17, 15) is 33.9 Å². The molecule has 5 unspecified atom stereocenters. The number of carboxylic acid groups (broad SMARTS) is 2. The summed E-state index contributed by atoms with van der Waals surface area (Å²) in [5.41, 5.74) is 10.6. The van der Waals surface area contributed by atoms with E-state index in [1.807, 2.05) is 0 Å². The second-order valence-electron chi connectivity index (χ2n) is 7.49. The van der Waals surface area contributed by atoms with Crippen LogP contribution in [0, 0.1) is 5.92 Å². The zero-order valence-corrected chi connectivity index (χ0v) is 19.6. The monoisotopic (exact) mass is 491 g/mol. The van der Waals surface area contributed by atoms with E-state index in [1.165, 1.54) is 11.8 Å². The Balaban J connectivity index is 5.54. The van der Waals surface area contributed by atoms with E-state index < -0.39 is 78.5 Å². The van der Waals surface area contributed by atoms with Gasteiger partial charge in [-0.25, -0.2) is 4.79 Å². The number of hydrogen-bond acceptors (Lipinski definition) is 8. The van der Waals surface area contributed by atoms with Gasteiger partial charge in [0.05, 0.1) is 18.9 Å². The molecule has 0 heterocycles. The van der Waals surface area contributed by atoms with E-state index in [2.05, 4.69) is 16.0 Å². The number of amides is 4. The van der Waals surface area contributed by atoms with E-state index >= 15 is 0 Å². The Morgan fingerprint density at radius 2 is 1.48 bits per heavy atom. The lowest BCUT2D eigenvalue weighted by Gasteiger charge is -2.28. The fraction of sp³-hybridized carbons (Fsp3) is 0.684. The number of carbonyl (C=O) groups is 6. The van der Waals surface area contributed by atoms with Crippen LogP contribution in [-0.2, 0) is 28.8 Å². The van der Waals surface area contributed by atoms with Crippen molar-refractivity contribution in [3.63, 3.8) is 0 Å². The lowest BCUT2D eigenvalue weighted by Crippen LogP contribution is -2.59. The Morgan fingerprint density at radius 1 is 0.909 bits per heavy atom. The van der Waals surface area contributed by atoms with Gasteiger partial charge in [-0.05, 0) is 24.3 Å². The molecule has 4 amide bonds. The van der Waals surface area contributed by atoms with Gasteiger partial charge in [-0.1, -0.05) is 20.3 Å². The molecule has 0 aliphatic rings. The van der Waals surface area contributed by atoms with Gasteiger partial charge in [0.2, 0.25) is 23.6 Å². The van der Waals surface area contributed by atoms with Gasteiger partial charge in [-0.2, -0.15) is 11.8 Å². The number of nitrogens with two attached hydrogens (primary N) is 2. The predicted octanol–water partition coefficient (Wildman–Crippen LogP) is -2.00. The highest BCUT2D eigenvalue weighted by Crippen LogP contribution is 2.11. The summed E-state index contributed by atoms with van der Waals surface area (Å²) in [6.45, 7) is 3.42. The summed E-state index contributed by atoms with van der Waals surface area (Å²) in [6, 6.07) is -5.21. The molecule has 0 aliphatic heterocycles. The van der Waals surface area contributed by atoms with Gasteiger partial charge in [0.15, 0.2) is 0 Å². The summed E-state index contributed by atoms with van der Waals surface area (Å²) in [4.78, 5) is 71.1. The summed E-state index contributed by atoms with van der Waals surface area (Å²) in [5, 5.41) is 25.1. The third-order valence-corrected chi connectivity index (χ3v) is 5.43. The maximum Gasteiger partial charge on any atom is 0.326 e. The average Bonchev–Trinajstić information content (AvgIpc) is 2.72. The van der Waals surface area contributed by atoms with Gasteiger partial charge in [0, 0.05) is 0 Å². The van der Waals surface area contributed by atoms with E-state index in [0.717, 1.165) is 0 Å². The molecule has 0 rings (SSSR count). The maximum absolute atomic E-state index is 12.9. The summed E-state index contributed by atoms with van der Waals surface area (Å²) in [5.74, 6) is -6.02. The van der Waals surface area contributed by atoms with Crippen LogP contribution in [0.3, 0.4) is 0 Å². The van der Waals surface area contributed by atoms with Crippen molar-refractivity contribution in [1.82, 2.24) is 16.0 Å². The number of rotatable bonds is 16. The molecule has 0 aromatic rings. The molecule has 0 aromatic carbocycles. The van der Waals surface area contributed by atoms with E-state index in [1.54, 1.807) is 20.1 Å². The van der Waals surface area contributed by atoms with Gasteiger partial charge in [0.25, 0.3) is 0 Å². The Kier molecular flexibility index (Phi) is 13.7. The molecule has 0 aliphatic carbocycles. The lowest BCUT2D eigenvalue weighted by atomic mass is 9.97. The highest BCUT2D eigenvalue weighted by Gasteiger charge is 2.33. The first-order valence-corrected chi connectivity index (χ1v) is 11.6. The first kappa shape index (κ1) is 30.1. The fourth-order valence-electron chi connectivity index (χ4n) is 2.68. The molecule has 33 heavy (non-hydrogen) atoms. The number of nitrogens with one attached hydrogen (secondary N) is 3. The second-order valence-corrected chi connectivity index (χ2v) is 8.47. The first-order valence-electron chi connectivity index (χ1n) is 10.2. The topological polar surface area (TPSA) is 231 Å². The van der Waals surface area contributed by atoms with Crippen LogP contribution >= 0.6 is 11.8 Å². The van der Waals surface area contributed by atoms with Crippen molar-refractivity contribution in [2.45, 2.75) is 63.7 Å². The number of carbonyl (C=O) groups excluding carboxylic acids is 4. The molecular formula is C19H33N5O8S. The van der Waals surface area contributed by atoms with Crippen molar-refractivity contribution < 1.29 is 39.0 Å².